The lowest BCUT2D eigenvalue weighted by Gasteiger charge is -2.26. The zero-order valence-electron chi connectivity index (χ0n) is 17.0. The van der Waals surface area contributed by atoms with Gasteiger partial charge in [-0.1, -0.05) is 12.1 Å². The molecule has 158 valence electrons. The number of rotatable bonds is 8. The Hall–Kier alpha value is -2.90. The molecule has 4 rings (SSSR count). The molecule has 0 bridgehead atoms. The Morgan fingerprint density at radius 2 is 1.87 bits per heavy atom. The van der Waals surface area contributed by atoms with Crippen molar-refractivity contribution in [3.63, 3.8) is 0 Å². The Labute approximate surface area is 175 Å². The van der Waals surface area contributed by atoms with Crippen LogP contribution in [0, 0.1) is 5.82 Å². The Morgan fingerprint density at radius 3 is 2.67 bits per heavy atom. The first-order valence-corrected chi connectivity index (χ1v) is 10.1. The van der Waals surface area contributed by atoms with Crippen LogP contribution in [0.5, 0.6) is 23.0 Å². The fraction of sp³-hybridized carbons (Fsp3) is 0.348. The van der Waals surface area contributed by atoms with Crippen LogP contribution in [-0.2, 0) is 4.74 Å². The monoisotopic (exact) mass is 412 g/mol. The van der Waals surface area contributed by atoms with Crippen molar-refractivity contribution in [1.82, 2.24) is 9.88 Å². The van der Waals surface area contributed by atoms with Crippen LogP contribution in [0.4, 0.5) is 4.39 Å². The van der Waals surface area contributed by atoms with E-state index in [9.17, 15) is 4.39 Å². The third-order valence-corrected chi connectivity index (χ3v) is 5.02. The lowest BCUT2D eigenvalue weighted by Crippen LogP contribution is -2.37. The highest BCUT2D eigenvalue weighted by atomic mass is 19.1. The van der Waals surface area contributed by atoms with Crippen LogP contribution >= 0.6 is 0 Å². The highest BCUT2D eigenvalue weighted by Gasteiger charge is 2.14. The molecule has 1 aliphatic rings. The highest BCUT2D eigenvalue weighted by molar-refractivity contribution is 5.88. The van der Waals surface area contributed by atoms with Crippen molar-refractivity contribution in [3.05, 3.63) is 54.5 Å². The first-order chi connectivity index (χ1) is 14.7. The van der Waals surface area contributed by atoms with Gasteiger partial charge >= 0.3 is 0 Å². The number of benzene rings is 2. The van der Waals surface area contributed by atoms with Crippen molar-refractivity contribution >= 4 is 10.9 Å². The second-order valence-corrected chi connectivity index (χ2v) is 7.02. The van der Waals surface area contributed by atoms with Crippen molar-refractivity contribution in [2.45, 2.75) is 6.42 Å². The maximum Gasteiger partial charge on any atom is 0.165 e. The summed E-state index contributed by atoms with van der Waals surface area (Å²) >= 11 is 0. The summed E-state index contributed by atoms with van der Waals surface area (Å²) in [5, 5.41) is 0.721. The number of para-hydroxylation sites is 1. The van der Waals surface area contributed by atoms with Crippen LogP contribution < -0.4 is 14.2 Å². The Balaban J connectivity index is 1.48. The molecule has 2 aromatic carbocycles. The molecule has 0 aliphatic carbocycles. The van der Waals surface area contributed by atoms with E-state index < -0.39 is 5.82 Å². The lowest BCUT2D eigenvalue weighted by atomic mass is 10.1. The van der Waals surface area contributed by atoms with Gasteiger partial charge in [0.2, 0.25) is 0 Å². The number of hydrogen-bond donors (Lipinski definition) is 0. The van der Waals surface area contributed by atoms with E-state index in [1.165, 1.54) is 6.07 Å². The Morgan fingerprint density at radius 1 is 1.03 bits per heavy atom. The van der Waals surface area contributed by atoms with Crippen LogP contribution in [-0.4, -0.2) is 56.4 Å². The Kier molecular flexibility index (Phi) is 6.61. The molecule has 7 heteroatoms. The van der Waals surface area contributed by atoms with Crippen LogP contribution in [0.25, 0.3) is 10.9 Å². The summed E-state index contributed by atoms with van der Waals surface area (Å²) in [7, 11) is 1.59. The molecule has 1 fully saturated rings. The molecule has 0 spiro atoms. The number of pyridine rings is 1. The van der Waals surface area contributed by atoms with Crippen molar-refractivity contribution in [2.75, 3.05) is 46.6 Å². The molecule has 1 aromatic heterocycles. The van der Waals surface area contributed by atoms with E-state index in [-0.39, 0.29) is 5.75 Å². The van der Waals surface area contributed by atoms with E-state index in [1.54, 1.807) is 37.6 Å². The molecule has 6 nitrogen and oxygen atoms in total. The van der Waals surface area contributed by atoms with Crippen molar-refractivity contribution in [2.24, 2.45) is 0 Å². The minimum Gasteiger partial charge on any atom is -0.493 e. The summed E-state index contributed by atoms with van der Waals surface area (Å²) < 4.78 is 36.7. The maximum atomic E-state index is 14.0. The molecule has 1 aliphatic heterocycles. The van der Waals surface area contributed by atoms with E-state index >= 15 is 0 Å². The molecular formula is C23H25FN2O4. The van der Waals surface area contributed by atoms with Gasteiger partial charge in [0.05, 0.1) is 32.4 Å². The number of morpholine rings is 1. The van der Waals surface area contributed by atoms with Gasteiger partial charge in [-0.2, -0.15) is 0 Å². The number of halogens is 1. The van der Waals surface area contributed by atoms with Crippen LogP contribution in [0.2, 0.25) is 0 Å². The third kappa shape index (κ3) is 4.80. The predicted molar refractivity (Wildman–Crippen MR) is 112 cm³/mol. The number of fused-ring (bicyclic) bond motifs is 1. The topological polar surface area (TPSA) is 53.0 Å². The molecular weight excluding hydrogens is 387 g/mol. The Bertz CT molecular complexity index is 992. The molecule has 0 atom stereocenters. The van der Waals surface area contributed by atoms with Crippen LogP contribution in [0.15, 0.2) is 48.7 Å². The van der Waals surface area contributed by atoms with Crippen molar-refractivity contribution in [3.8, 4) is 23.0 Å². The number of ether oxygens (including phenoxy) is 4. The summed E-state index contributed by atoms with van der Waals surface area (Å²) in [5.41, 5.74) is 0.688. The fourth-order valence-electron chi connectivity index (χ4n) is 3.43. The molecule has 1 saturated heterocycles. The number of hydrogen-bond acceptors (Lipinski definition) is 6. The van der Waals surface area contributed by atoms with Gasteiger partial charge in [-0.15, -0.1) is 0 Å². The van der Waals surface area contributed by atoms with Gasteiger partial charge in [-0.05, 0) is 30.7 Å². The first kappa shape index (κ1) is 20.4. The largest absolute Gasteiger partial charge is 0.493 e. The minimum atomic E-state index is -0.422. The van der Waals surface area contributed by atoms with Gasteiger partial charge < -0.3 is 18.9 Å². The summed E-state index contributed by atoms with van der Waals surface area (Å²) in [6, 6.07) is 11.7. The van der Waals surface area contributed by atoms with E-state index in [1.807, 2.05) is 12.1 Å². The number of nitrogens with zero attached hydrogens (tertiary/aromatic N) is 2. The molecule has 3 aromatic rings. The molecule has 30 heavy (non-hydrogen) atoms. The summed E-state index contributed by atoms with van der Waals surface area (Å²) in [4.78, 5) is 6.79. The molecule has 0 amide bonds. The molecule has 2 heterocycles. The normalized spacial score (nSPS) is 14.6. The zero-order chi connectivity index (χ0) is 20.8. The van der Waals surface area contributed by atoms with E-state index in [0.717, 1.165) is 44.7 Å². The average molecular weight is 412 g/mol. The second kappa shape index (κ2) is 9.73. The molecule has 0 N–H and O–H groups in total. The van der Waals surface area contributed by atoms with Crippen LogP contribution in [0.1, 0.15) is 6.42 Å². The standard InChI is InChI=1S/C23H25FN2O4/c1-27-22-15-17-19(16-23(22)29-12-4-9-26-10-13-28-14-11-26)25-8-7-20(17)30-21-6-3-2-5-18(21)24/h2-3,5-8,15-16H,4,9-14H2,1H3. The van der Waals surface area contributed by atoms with Gasteiger partial charge in [-0.25, -0.2) is 4.39 Å². The minimum absolute atomic E-state index is 0.160. The summed E-state index contributed by atoms with van der Waals surface area (Å²) in [6.45, 7) is 5.06. The predicted octanol–water partition coefficient (Wildman–Crippen LogP) is 4.28. The summed E-state index contributed by atoms with van der Waals surface area (Å²) in [6.07, 6.45) is 2.54. The third-order valence-electron chi connectivity index (χ3n) is 5.02. The van der Waals surface area contributed by atoms with Gasteiger partial charge in [-0.3, -0.25) is 9.88 Å². The van der Waals surface area contributed by atoms with Gasteiger partial charge in [0.1, 0.15) is 5.75 Å². The van der Waals surface area contributed by atoms with Crippen molar-refractivity contribution in [1.29, 1.82) is 0 Å². The van der Waals surface area contributed by atoms with Crippen LogP contribution in [0.3, 0.4) is 0 Å². The van der Waals surface area contributed by atoms with E-state index in [4.69, 9.17) is 18.9 Å². The molecule has 0 radical (unpaired) electrons. The van der Waals surface area contributed by atoms with Gasteiger partial charge in [0, 0.05) is 37.3 Å². The summed E-state index contributed by atoms with van der Waals surface area (Å²) in [5.74, 6) is 1.45. The quantitative estimate of drug-likeness (QED) is 0.515. The van der Waals surface area contributed by atoms with E-state index in [0.29, 0.717) is 29.4 Å². The number of methoxy groups -OCH3 is 1. The van der Waals surface area contributed by atoms with Crippen molar-refractivity contribution < 1.29 is 23.3 Å². The first-order valence-electron chi connectivity index (χ1n) is 10.1. The van der Waals surface area contributed by atoms with E-state index in [2.05, 4.69) is 9.88 Å². The lowest BCUT2D eigenvalue weighted by molar-refractivity contribution is 0.0357. The van der Waals surface area contributed by atoms with Gasteiger partial charge in [0.25, 0.3) is 0 Å². The SMILES string of the molecule is COc1cc2c(Oc3ccccc3F)ccnc2cc1OCCCN1CCOCC1. The second-order valence-electron chi connectivity index (χ2n) is 7.02. The zero-order valence-corrected chi connectivity index (χ0v) is 17.0. The van der Waals surface area contributed by atoms with Gasteiger partial charge in [0.15, 0.2) is 23.1 Å². The highest BCUT2D eigenvalue weighted by Crippen LogP contribution is 2.37. The average Bonchev–Trinajstić information content (AvgIpc) is 2.78. The molecule has 0 saturated carbocycles. The fourth-order valence-corrected chi connectivity index (χ4v) is 3.43. The smallest absolute Gasteiger partial charge is 0.165 e. The maximum absolute atomic E-state index is 14.0. The molecule has 0 unspecified atom stereocenters. The number of aromatic nitrogens is 1.